The molecule has 4 aromatic carbocycles. The van der Waals surface area contributed by atoms with Gasteiger partial charge in [-0.3, -0.25) is 0 Å². The lowest BCUT2D eigenvalue weighted by Crippen LogP contribution is -2.44. The predicted molar refractivity (Wildman–Crippen MR) is 153 cm³/mol. The fourth-order valence-electron chi connectivity index (χ4n) is 4.63. The maximum absolute atomic E-state index is 6.72. The predicted octanol–water partition coefficient (Wildman–Crippen LogP) is 8.15. The smallest absolute Gasteiger partial charge is 0.213 e. The van der Waals surface area contributed by atoms with Crippen LogP contribution in [0.15, 0.2) is 103 Å². The topological polar surface area (TPSA) is 36.9 Å². The first-order valence-corrected chi connectivity index (χ1v) is 13.2. The van der Waals surface area contributed by atoms with Gasteiger partial charge in [0.2, 0.25) is 6.29 Å². The molecular weight excluding hydrogens is 472 g/mol. The minimum atomic E-state index is -0.701. The third-order valence-electron chi connectivity index (χ3n) is 7.36. The Bertz CT molecular complexity index is 1240. The molecule has 2 atom stereocenters. The van der Waals surface area contributed by atoms with Crippen LogP contribution in [0.4, 0.5) is 0 Å². The molecule has 2 unspecified atom stereocenters. The van der Waals surface area contributed by atoms with Gasteiger partial charge in [-0.2, -0.15) is 0 Å². The Hall–Kier alpha value is -3.76. The first-order chi connectivity index (χ1) is 18.5. The second-order valence-corrected chi connectivity index (χ2v) is 9.79. The van der Waals surface area contributed by atoms with E-state index >= 15 is 0 Å². The Morgan fingerprint density at radius 1 is 0.684 bits per heavy atom. The van der Waals surface area contributed by atoms with Crippen LogP contribution in [0.5, 0.6) is 17.2 Å². The highest BCUT2D eigenvalue weighted by Crippen LogP contribution is 2.41. The summed E-state index contributed by atoms with van der Waals surface area (Å²) in [4.78, 5) is 0. The van der Waals surface area contributed by atoms with E-state index in [1.165, 1.54) is 5.56 Å². The molecule has 0 fully saturated rings. The molecule has 4 rings (SSSR count). The van der Waals surface area contributed by atoms with Crippen molar-refractivity contribution in [1.82, 2.24) is 0 Å². The van der Waals surface area contributed by atoms with E-state index in [0.717, 1.165) is 40.4 Å². The van der Waals surface area contributed by atoms with Gasteiger partial charge in [0.15, 0.2) is 0 Å². The van der Waals surface area contributed by atoms with Gasteiger partial charge in [-0.1, -0.05) is 80.6 Å². The van der Waals surface area contributed by atoms with Crippen LogP contribution in [0.25, 0.3) is 0 Å². The van der Waals surface area contributed by atoms with Crippen LogP contribution in [-0.2, 0) is 16.8 Å². The largest absolute Gasteiger partial charge is 0.497 e. The zero-order chi connectivity index (χ0) is 27.0. The van der Waals surface area contributed by atoms with Crippen molar-refractivity contribution in [3.63, 3.8) is 0 Å². The maximum atomic E-state index is 6.72. The second-order valence-electron chi connectivity index (χ2n) is 9.79. The van der Waals surface area contributed by atoms with Crippen molar-refractivity contribution in [3.8, 4) is 17.2 Å². The van der Waals surface area contributed by atoms with E-state index in [9.17, 15) is 0 Å². The van der Waals surface area contributed by atoms with Gasteiger partial charge < -0.3 is 18.9 Å². The van der Waals surface area contributed by atoms with E-state index < -0.39 is 11.7 Å². The summed E-state index contributed by atoms with van der Waals surface area (Å²) in [5.41, 5.74) is 3.70. The van der Waals surface area contributed by atoms with Crippen molar-refractivity contribution in [2.24, 2.45) is 0 Å². The molecule has 0 saturated heterocycles. The number of rotatable bonds is 12. The molecule has 4 aromatic rings. The Labute approximate surface area is 227 Å². The molecule has 0 radical (unpaired) electrons. The van der Waals surface area contributed by atoms with Gasteiger partial charge in [0.1, 0.15) is 17.2 Å². The third-order valence-corrected chi connectivity index (χ3v) is 7.36. The Morgan fingerprint density at radius 2 is 1.26 bits per heavy atom. The Morgan fingerprint density at radius 3 is 1.79 bits per heavy atom. The van der Waals surface area contributed by atoms with E-state index in [1.807, 2.05) is 66.7 Å². The van der Waals surface area contributed by atoms with Crippen LogP contribution in [0.1, 0.15) is 55.4 Å². The number of methoxy groups -OCH3 is 2. The van der Waals surface area contributed by atoms with Crippen LogP contribution in [-0.4, -0.2) is 20.5 Å². The first kappa shape index (κ1) is 27.3. The zero-order valence-electron chi connectivity index (χ0n) is 23.0. The molecule has 0 spiro atoms. The van der Waals surface area contributed by atoms with Crippen molar-refractivity contribution in [1.29, 1.82) is 0 Å². The number of ether oxygens (including phenoxy) is 4. The van der Waals surface area contributed by atoms with Crippen LogP contribution in [0.3, 0.4) is 0 Å². The highest BCUT2D eigenvalue weighted by Gasteiger charge is 2.41. The van der Waals surface area contributed by atoms with E-state index in [0.29, 0.717) is 12.5 Å². The molecular formula is C34H38O4. The maximum Gasteiger partial charge on any atom is 0.213 e. The minimum Gasteiger partial charge on any atom is -0.497 e. The van der Waals surface area contributed by atoms with Gasteiger partial charge in [-0.15, -0.1) is 0 Å². The van der Waals surface area contributed by atoms with Crippen molar-refractivity contribution in [3.05, 3.63) is 125 Å². The van der Waals surface area contributed by atoms with Gasteiger partial charge in [-0.25, -0.2) is 0 Å². The van der Waals surface area contributed by atoms with Gasteiger partial charge in [0.05, 0.1) is 26.2 Å². The quantitative estimate of drug-likeness (QED) is 0.180. The van der Waals surface area contributed by atoms with Crippen LogP contribution in [0, 0.1) is 0 Å². The van der Waals surface area contributed by atoms with Gasteiger partial charge in [0.25, 0.3) is 0 Å². The summed E-state index contributed by atoms with van der Waals surface area (Å²) in [6.45, 7) is 7.00. The summed E-state index contributed by atoms with van der Waals surface area (Å²) >= 11 is 0. The summed E-state index contributed by atoms with van der Waals surface area (Å²) in [5.74, 6) is 2.80. The lowest BCUT2D eigenvalue weighted by Gasteiger charge is -2.38. The second kappa shape index (κ2) is 12.7. The van der Waals surface area contributed by atoms with E-state index in [1.54, 1.807) is 14.2 Å². The summed E-state index contributed by atoms with van der Waals surface area (Å²) < 4.78 is 24.6. The zero-order valence-corrected chi connectivity index (χ0v) is 23.0. The minimum absolute atomic E-state index is 0.403. The van der Waals surface area contributed by atoms with E-state index in [4.69, 9.17) is 18.9 Å². The molecule has 0 saturated carbocycles. The highest BCUT2D eigenvalue weighted by atomic mass is 16.7. The number of hydrogen-bond acceptors (Lipinski definition) is 4. The molecule has 0 heterocycles. The SMILES string of the molecule is CCC(C)c1ccc(OC(OCc2ccccc2)C(C)(c2cccc(OC)c2)c2cccc(OC)c2)cc1. The van der Waals surface area contributed by atoms with Crippen molar-refractivity contribution in [2.45, 2.75) is 51.4 Å². The van der Waals surface area contributed by atoms with Crippen molar-refractivity contribution < 1.29 is 18.9 Å². The van der Waals surface area contributed by atoms with Gasteiger partial charge >= 0.3 is 0 Å². The summed E-state index contributed by atoms with van der Waals surface area (Å²) in [6, 6.07) is 34.7. The normalized spacial score (nSPS) is 13.0. The average Bonchev–Trinajstić information content (AvgIpc) is 2.99. The molecule has 0 aromatic heterocycles. The molecule has 198 valence electrons. The van der Waals surface area contributed by atoms with Crippen LogP contribution >= 0.6 is 0 Å². The first-order valence-electron chi connectivity index (χ1n) is 13.2. The van der Waals surface area contributed by atoms with Crippen molar-refractivity contribution >= 4 is 0 Å². The molecule has 0 N–H and O–H groups in total. The van der Waals surface area contributed by atoms with E-state index in [-0.39, 0.29) is 0 Å². The standard InChI is InChI=1S/C34H38O4/c1-6-25(2)27-18-20-30(21-19-27)38-33(37-24-26-12-8-7-9-13-26)34(3,28-14-10-16-31(22-28)35-4)29-15-11-17-32(23-29)36-5/h7-23,25,33H,6,24H2,1-5H3. The van der Waals surface area contributed by atoms with Gasteiger partial charge in [0, 0.05) is 0 Å². The third kappa shape index (κ3) is 6.20. The molecule has 0 bridgehead atoms. The highest BCUT2D eigenvalue weighted by molar-refractivity contribution is 5.45. The Kier molecular flexibility index (Phi) is 9.09. The van der Waals surface area contributed by atoms with Crippen LogP contribution in [0.2, 0.25) is 0 Å². The lowest BCUT2D eigenvalue weighted by molar-refractivity contribution is -0.123. The van der Waals surface area contributed by atoms with E-state index in [2.05, 4.69) is 57.2 Å². The molecule has 38 heavy (non-hydrogen) atoms. The molecule has 4 nitrogen and oxygen atoms in total. The summed E-state index contributed by atoms with van der Waals surface area (Å²) in [5, 5.41) is 0. The van der Waals surface area contributed by atoms with Crippen molar-refractivity contribution in [2.75, 3.05) is 14.2 Å². The lowest BCUT2D eigenvalue weighted by atomic mass is 9.75. The summed E-state index contributed by atoms with van der Waals surface area (Å²) in [6.07, 6.45) is 0.434. The molecule has 0 aliphatic rings. The van der Waals surface area contributed by atoms with Crippen LogP contribution < -0.4 is 14.2 Å². The fraction of sp³-hybridized carbons (Fsp3) is 0.294. The number of hydrogen-bond donors (Lipinski definition) is 0. The van der Waals surface area contributed by atoms with Gasteiger partial charge in [-0.05, 0) is 77.9 Å². The number of benzene rings is 4. The average molecular weight is 511 g/mol. The molecule has 0 aliphatic carbocycles. The summed E-state index contributed by atoms with van der Waals surface area (Å²) in [7, 11) is 3.36. The molecule has 4 heteroatoms. The molecule has 0 aliphatic heterocycles. The monoisotopic (exact) mass is 510 g/mol. The molecule has 0 amide bonds. The fourth-order valence-corrected chi connectivity index (χ4v) is 4.63. The Balaban J connectivity index is 1.80.